The van der Waals surface area contributed by atoms with E-state index in [0.29, 0.717) is 42.8 Å². The van der Waals surface area contributed by atoms with E-state index >= 15 is 0 Å². The summed E-state index contributed by atoms with van der Waals surface area (Å²) in [5.41, 5.74) is -1.63. The van der Waals surface area contributed by atoms with Crippen molar-refractivity contribution in [2.45, 2.75) is 76.8 Å². The molecule has 2 saturated heterocycles. The van der Waals surface area contributed by atoms with Crippen LogP contribution in [-0.2, 0) is 12.4 Å². The van der Waals surface area contributed by atoms with Crippen molar-refractivity contribution in [3.63, 3.8) is 0 Å². The number of amides is 2. The summed E-state index contributed by atoms with van der Waals surface area (Å²) in [5, 5.41) is 28.4. The van der Waals surface area contributed by atoms with Crippen LogP contribution >= 0.6 is 0 Å². The summed E-state index contributed by atoms with van der Waals surface area (Å²) >= 11 is 0. The fraction of sp³-hybridized carbons (Fsp3) is 0.367. The van der Waals surface area contributed by atoms with E-state index in [1.807, 2.05) is 9.80 Å². The van der Waals surface area contributed by atoms with Crippen molar-refractivity contribution in [3.8, 4) is 57.0 Å². The molecule has 4 aliphatic heterocycles. The van der Waals surface area contributed by atoms with Crippen LogP contribution < -0.4 is 28.4 Å². The molecular weight excluding hydrogens is 1210 g/mol. The third-order valence-corrected chi connectivity index (χ3v) is 16.2. The van der Waals surface area contributed by atoms with E-state index in [1.165, 1.54) is 62.1 Å². The predicted octanol–water partition coefficient (Wildman–Crippen LogP) is 9.87. The molecule has 4 aromatic carbocycles. The van der Waals surface area contributed by atoms with Gasteiger partial charge in [0.25, 0.3) is 11.8 Å². The average molecular weight is 1270 g/mol. The van der Waals surface area contributed by atoms with Crippen LogP contribution in [-0.4, -0.2) is 162 Å². The summed E-state index contributed by atoms with van der Waals surface area (Å²) in [6.07, 6.45) is -15.1. The Morgan fingerprint density at radius 1 is 0.578 bits per heavy atom. The normalized spacial score (nSPS) is 18.8. The molecule has 8 heterocycles. The van der Waals surface area contributed by atoms with Crippen molar-refractivity contribution in [3.05, 3.63) is 142 Å². The van der Waals surface area contributed by atoms with Gasteiger partial charge < -0.3 is 48.4 Å². The average Bonchev–Trinajstić information content (AvgIpc) is 1.47. The highest BCUT2D eigenvalue weighted by molar-refractivity contribution is 6.01. The van der Waals surface area contributed by atoms with Gasteiger partial charge in [0.1, 0.15) is 22.6 Å². The lowest BCUT2D eigenvalue weighted by molar-refractivity contribution is -0.287. The van der Waals surface area contributed by atoms with Gasteiger partial charge in [-0.1, -0.05) is 24.3 Å². The summed E-state index contributed by atoms with van der Waals surface area (Å²) in [6.45, 7) is 6.36. The van der Waals surface area contributed by atoms with Crippen molar-refractivity contribution in [1.29, 1.82) is 0 Å². The van der Waals surface area contributed by atoms with Crippen molar-refractivity contribution in [2.24, 2.45) is 0 Å². The largest absolute Gasteiger partial charge is 0.586 e. The van der Waals surface area contributed by atoms with Gasteiger partial charge in [-0.2, -0.15) is 36.5 Å². The molecule has 2 N–H and O–H groups in total. The molecular formula is C60H56F10N10O10. The molecule has 2 amide bonds. The van der Waals surface area contributed by atoms with Gasteiger partial charge in [0, 0.05) is 84.7 Å². The van der Waals surface area contributed by atoms with E-state index in [1.54, 1.807) is 74.5 Å². The van der Waals surface area contributed by atoms with E-state index < -0.39 is 85.5 Å². The first-order chi connectivity index (χ1) is 42.6. The number of hydrogen-bond acceptors (Lipinski definition) is 16. The van der Waals surface area contributed by atoms with Gasteiger partial charge in [-0.3, -0.25) is 19.4 Å². The number of aromatic nitrogens is 6. The number of piperazine rings is 2. The van der Waals surface area contributed by atoms with Gasteiger partial charge >= 0.3 is 24.9 Å². The second-order valence-corrected chi connectivity index (χ2v) is 21.7. The number of methoxy groups -OCH3 is 2. The lowest BCUT2D eigenvalue weighted by Gasteiger charge is -2.43. The van der Waals surface area contributed by atoms with Gasteiger partial charge in [0.2, 0.25) is 0 Å². The van der Waals surface area contributed by atoms with Gasteiger partial charge in [-0.05, 0) is 88.4 Å². The Hall–Kier alpha value is -9.00. The quantitative estimate of drug-likeness (QED) is 0.109. The maximum atomic E-state index is 14.3. The summed E-state index contributed by atoms with van der Waals surface area (Å²) in [6, 6.07) is 19.1. The predicted molar refractivity (Wildman–Crippen MR) is 299 cm³/mol. The number of alkyl halides is 10. The van der Waals surface area contributed by atoms with Crippen LogP contribution in [0.3, 0.4) is 0 Å². The van der Waals surface area contributed by atoms with Crippen LogP contribution in [0.25, 0.3) is 33.8 Å². The van der Waals surface area contributed by atoms with Crippen LogP contribution in [0.5, 0.6) is 34.5 Å². The SMILES string of the molecule is COc1ccc(-c2nc3c(C(=O)N4CCN([C@@H](CO)c5cccc6c5OC(F)(F)O6)C[C@H]4C)cnn3c(C(F)(F)F)c2C)cc1.COc1ccc(-c2nc3c(C(=O)N4CCN([C@H](CO)c5cccc6c5OC(F)(F)O6)C[C@H]4C)cnn3c(C(F)(F)F)c2C)cc1. The molecule has 30 heteroatoms. The molecule has 2 fully saturated rings. The second kappa shape index (κ2) is 23.7. The zero-order valence-corrected chi connectivity index (χ0v) is 48.6. The van der Waals surface area contributed by atoms with E-state index in [-0.39, 0.29) is 107 Å². The molecule has 0 saturated carbocycles. The molecule has 12 rings (SSSR count). The maximum absolute atomic E-state index is 14.3. The molecule has 476 valence electrons. The number of benzene rings is 4. The fourth-order valence-electron chi connectivity index (χ4n) is 12.0. The third kappa shape index (κ3) is 11.7. The van der Waals surface area contributed by atoms with Crippen molar-refractivity contribution < 1.29 is 92.1 Å². The first-order valence-electron chi connectivity index (χ1n) is 27.9. The van der Waals surface area contributed by atoms with Crippen molar-refractivity contribution in [2.75, 3.05) is 66.7 Å². The Morgan fingerprint density at radius 2 is 0.944 bits per heavy atom. The number of aliphatic hydroxyl groups is 2. The second-order valence-electron chi connectivity index (χ2n) is 21.7. The molecule has 8 aromatic rings. The number of carbonyl (C=O) groups is 2. The number of rotatable bonds is 12. The maximum Gasteiger partial charge on any atom is 0.586 e. The van der Waals surface area contributed by atoms with E-state index in [4.69, 9.17) is 18.9 Å². The third-order valence-electron chi connectivity index (χ3n) is 16.2. The molecule has 0 aliphatic carbocycles. The van der Waals surface area contributed by atoms with E-state index in [0.717, 1.165) is 12.4 Å². The van der Waals surface area contributed by atoms with Crippen molar-refractivity contribution >= 4 is 23.1 Å². The summed E-state index contributed by atoms with van der Waals surface area (Å²) in [4.78, 5) is 43.3. The fourth-order valence-corrected chi connectivity index (χ4v) is 12.0. The molecule has 4 aliphatic rings. The zero-order chi connectivity index (χ0) is 64.5. The van der Waals surface area contributed by atoms with Crippen LogP contribution in [0.1, 0.15) is 80.3 Å². The Bertz CT molecular complexity index is 3780. The van der Waals surface area contributed by atoms with Crippen molar-refractivity contribution in [1.82, 2.24) is 48.8 Å². The van der Waals surface area contributed by atoms with Crippen LogP contribution in [0.15, 0.2) is 97.3 Å². The number of ether oxygens (including phenoxy) is 6. The number of carbonyl (C=O) groups excluding carboxylic acids is 2. The summed E-state index contributed by atoms with van der Waals surface area (Å²) < 4.78 is 171. The Morgan fingerprint density at radius 3 is 1.27 bits per heavy atom. The van der Waals surface area contributed by atoms with Gasteiger partial charge in [0.05, 0.1) is 63.3 Å². The molecule has 0 unspecified atom stereocenters. The number of nitrogens with zero attached hydrogens (tertiary/aromatic N) is 10. The summed E-state index contributed by atoms with van der Waals surface area (Å²) in [7, 11) is 2.94. The number of halogens is 10. The number of hydrogen-bond donors (Lipinski definition) is 2. The minimum Gasteiger partial charge on any atom is -0.497 e. The molecule has 4 atom stereocenters. The molecule has 0 bridgehead atoms. The summed E-state index contributed by atoms with van der Waals surface area (Å²) in [5.74, 6) is -0.759. The smallest absolute Gasteiger partial charge is 0.497 e. The van der Waals surface area contributed by atoms with Gasteiger partial charge in [-0.15, -0.1) is 17.6 Å². The molecule has 4 aromatic heterocycles. The molecule has 90 heavy (non-hydrogen) atoms. The number of aliphatic hydroxyl groups excluding tert-OH is 2. The van der Waals surface area contributed by atoms with Crippen LogP contribution in [0, 0.1) is 13.8 Å². The highest BCUT2D eigenvalue weighted by Gasteiger charge is 2.48. The van der Waals surface area contributed by atoms with Gasteiger partial charge in [-0.25, -0.2) is 19.0 Å². The lowest BCUT2D eigenvalue weighted by Crippen LogP contribution is -2.55. The Labute approximate surface area is 505 Å². The number of fused-ring (bicyclic) bond motifs is 4. The Balaban J connectivity index is 0.000000185. The number of para-hydroxylation sites is 2. The zero-order valence-electron chi connectivity index (χ0n) is 48.6. The highest BCUT2D eigenvalue weighted by atomic mass is 19.4. The van der Waals surface area contributed by atoms with Gasteiger partial charge in [0.15, 0.2) is 45.7 Å². The van der Waals surface area contributed by atoms with Crippen LogP contribution in [0.4, 0.5) is 43.9 Å². The molecule has 0 radical (unpaired) electrons. The Kier molecular flexibility index (Phi) is 16.5. The standard InChI is InChI=1S/2C30H28F5N5O5/c2*1-16-14-38(22(15-41)20-5-4-6-23-25(20)45-30(34,35)44-23)11-12-39(16)28(42)21-13-36-40-26(29(31,32)33)17(2)24(37-27(21)40)18-7-9-19(43-3)10-8-18/h2*4-10,13,16,22,41H,11-12,14-15H2,1-3H3/t16-,22+;16-,22-/m11/s1. The first kappa shape index (κ1) is 62.6. The minimum absolute atomic E-state index is 0.0443. The monoisotopic (exact) mass is 1270 g/mol. The lowest BCUT2D eigenvalue weighted by atomic mass is 10.0. The first-order valence-corrected chi connectivity index (χ1v) is 27.9. The molecule has 20 nitrogen and oxygen atoms in total. The topological polar surface area (TPSA) is 203 Å². The molecule has 0 spiro atoms. The minimum atomic E-state index is -4.80. The van der Waals surface area contributed by atoms with E-state index in [2.05, 4.69) is 29.6 Å². The van der Waals surface area contributed by atoms with Crippen LogP contribution in [0.2, 0.25) is 0 Å². The van der Waals surface area contributed by atoms with E-state index in [9.17, 15) is 63.7 Å². The highest BCUT2D eigenvalue weighted by Crippen LogP contribution is 2.49.